The summed E-state index contributed by atoms with van der Waals surface area (Å²) in [6.45, 7) is 0.454. The zero-order valence-electron chi connectivity index (χ0n) is 12.2. The van der Waals surface area contributed by atoms with Gasteiger partial charge in [0.25, 0.3) is 11.8 Å². The van der Waals surface area contributed by atoms with E-state index in [4.69, 9.17) is 44.3 Å². The Morgan fingerprint density at radius 2 is 1.71 bits per heavy atom. The lowest BCUT2D eigenvalue weighted by Crippen LogP contribution is -2.49. The number of allylic oxidation sites excluding steroid dienone is 1. The molecule has 1 fully saturated rings. The van der Waals surface area contributed by atoms with Gasteiger partial charge in [-0.2, -0.15) is 0 Å². The van der Waals surface area contributed by atoms with Crippen LogP contribution in [0.5, 0.6) is 0 Å². The van der Waals surface area contributed by atoms with Gasteiger partial charge in [0.05, 0.1) is 23.8 Å². The summed E-state index contributed by atoms with van der Waals surface area (Å²) in [5, 5.41) is 0. The zero-order valence-corrected chi connectivity index (χ0v) is 14.5. The number of carbonyl (C=O) groups excluding carboxylic acids is 2. The van der Waals surface area contributed by atoms with Crippen molar-refractivity contribution >= 4 is 46.6 Å². The van der Waals surface area contributed by atoms with Crippen molar-refractivity contribution in [2.24, 2.45) is 5.92 Å². The Balaban J connectivity index is 1.77. The number of benzene rings is 1. The molecule has 0 saturated carbocycles. The van der Waals surface area contributed by atoms with Crippen molar-refractivity contribution in [2.75, 3.05) is 6.61 Å². The maximum absolute atomic E-state index is 12.7. The van der Waals surface area contributed by atoms with Gasteiger partial charge in [-0.25, -0.2) is 0 Å². The van der Waals surface area contributed by atoms with E-state index in [1.54, 1.807) is 30.3 Å². The van der Waals surface area contributed by atoms with E-state index in [0.717, 1.165) is 0 Å². The van der Waals surface area contributed by atoms with E-state index >= 15 is 0 Å². The molecule has 1 aromatic carbocycles. The summed E-state index contributed by atoms with van der Waals surface area (Å²) < 4.78 is 9.34. The van der Waals surface area contributed by atoms with Crippen LogP contribution >= 0.6 is 34.8 Å². The Kier molecular flexibility index (Phi) is 3.80. The van der Waals surface area contributed by atoms with Crippen molar-refractivity contribution in [3.8, 4) is 0 Å². The Bertz CT molecular complexity index is 723. The SMILES string of the molecule is O=C1c2ccccc2C(=O)N1[C@H]1C=C(C(Cl)(Cl)Cl)O[C@H]2OCC[C@H]21. The van der Waals surface area contributed by atoms with Crippen LogP contribution in [0.15, 0.2) is 36.1 Å². The Labute approximate surface area is 153 Å². The molecule has 0 unspecified atom stereocenters. The third-order valence-corrected chi connectivity index (χ3v) is 5.05. The van der Waals surface area contributed by atoms with E-state index in [1.165, 1.54) is 4.90 Å². The largest absolute Gasteiger partial charge is 0.465 e. The fourth-order valence-electron chi connectivity index (χ4n) is 3.38. The number of rotatable bonds is 1. The number of fused-ring (bicyclic) bond motifs is 2. The van der Waals surface area contributed by atoms with E-state index in [1.807, 2.05) is 0 Å². The summed E-state index contributed by atoms with van der Waals surface area (Å²) in [4.78, 5) is 26.7. The standard InChI is InChI=1S/C16H12Cl3NO4/c17-16(18,19)12-7-11(10-5-6-23-15(10)24-12)20-13(21)8-3-1-2-4-9(8)14(20)22/h1-4,7,10-11,15H,5-6H2/t10-,11-,15+/m0/s1. The number of imide groups is 1. The lowest BCUT2D eigenvalue weighted by Gasteiger charge is -2.37. The molecule has 3 aliphatic rings. The molecule has 3 aliphatic heterocycles. The van der Waals surface area contributed by atoms with Gasteiger partial charge in [0.15, 0.2) is 0 Å². The quantitative estimate of drug-likeness (QED) is 0.547. The predicted octanol–water partition coefficient (Wildman–Crippen LogP) is 3.30. The number of amides is 2. The average molecular weight is 389 g/mol. The number of alkyl halides is 3. The maximum atomic E-state index is 12.7. The number of halogens is 3. The van der Waals surface area contributed by atoms with Gasteiger partial charge in [0, 0.05) is 5.92 Å². The summed E-state index contributed by atoms with van der Waals surface area (Å²) in [7, 11) is 0. The Morgan fingerprint density at radius 3 is 2.29 bits per heavy atom. The highest BCUT2D eigenvalue weighted by molar-refractivity contribution is 6.69. The van der Waals surface area contributed by atoms with Crippen molar-refractivity contribution in [3.05, 3.63) is 47.2 Å². The highest BCUT2D eigenvalue weighted by Gasteiger charge is 2.50. The second kappa shape index (κ2) is 5.63. The van der Waals surface area contributed by atoms with Gasteiger partial charge < -0.3 is 9.47 Å². The molecule has 8 heteroatoms. The van der Waals surface area contributed by atoms with E-state index in [0.29, 0.717) is 24.2 Å². The Hall–Kier alpha value is -1.27. The predicted molar refractivity (Wildman–Crippen MR) is 88.0 cm³/mol. The number of carbonyl (C=O) groups is 2. The van der Waals surface area contributed by atoms with Crippen LogP contribution in [-0.2, 0) is 9.47 Å². The lowest BCUT2D eigenvalue weighted by molar-refractivity contribution is -0.119. The highest BCUT2D eigenvalue weighted by atomic mass is 35.6. The fourth-order valence-corrected chi connectivity index (χ4v) is 3.70. The molecule has 24 heavy (non-hydrogen) atoms. The molecule has 1 aromatic rings. The van der Waals surface area contributed by atoms with E-state index in [2.05, 4.69) is 0 Å². The molecule has 0 bridgehead atoms. The summed E-state index contributed by atoms with van der Waals surface area (Å²) in [6.07, 6.45) is 1.55. The topological polar surface area (TPSA) is 55.8 Å². The van der Waals surface area contributed by atoms with Crippen molar-refractivity contribution < 1.29 is 19.1 Å². The first-order valence-corrected chi connectivity index (χ1v) is 8.55. The van der Waals surface area contributed by atoms with E-state index in [-0.39, 0.29) is 23.5 Å². The van der Waals surface area contributed by atoms with Gasteiger partial charge in [-0.15, -0.1) is 0 Å². The molecule has 3 heterocycles. The molecule has 2 amide bonds. The van der Waals surface area contributed by atoms with Crippen LogP contribution in [0.4, 0.5) is 0 Å². The van der Waals surface area contributed by atoms with Gasteiger partial charge in [-0.3, -0.25) is 14.5 Å². The summed E-state index contributed by atoms with van der Waals surface area (Å²) in [6, 6.07) is 6.14. The summed E-state index contributed by atoms with van der Waals surface area (Å²) in [5.74, 6) is -0.832. The van der Waals surface area contributed by atoms with Crippen LogP contribution in [-0.4, -0.2) is 39.4 Å². The molecule has 3 atom stereocenters. The molecular formula is C16H12Cl3NO4. The van der Waals surface area contributed by atoms with Gasteiger partial charge in [0.2, 0.25) is 10.1 Å². The molecule has 0 aromatic heterocycles. The molecule has 1 saturated heterocycles. The van der Waals surface area contributed by atoms with E-state index < -0.39 is 16.1 Å². The van der Waals surface area contributed by atoms with Crippen LogP contribution in [0.2, 0.25) is 0 Å². The molecule has 0 spiro atoms. The van der Waals surface area contributed by atoms with Crippen LogP contribution in [0.25, 0.3) is 0 Å². The highest BCUT2D eigenvalue weighted by Crippen LogP contribution is 2.44. The number of nitrogens with zero attached hydrogens (tertiary/aromatic N) is 1. The molecule has 5 nitrogen and oxygen atoms in total. The monoisotopic (exact) mass is 387 g/mol. The molecule has 126 valence electrons. The third kappa shape index (κ3) is 2.42. The zero-order chi connectivity index (χ0) is 17.1. The molecule has 4 rings (SSSR count). The number of hydrogen-bond acceptors (Lipinski definition) is 4. The van der Waals surface area contributed by atoms with Crippen molar-refractivity contribution in [2.45, 2.75) is 22.5 Å². The van der Waals surface area contributed by atoms with Crippen LogP contribution in [0.3, 0.4) is 0 Å². The second-order valence-electron chi connectivity index (χ2n) is 5.85. The minimum atomic E-state index is -1.80. The molecular weight excluding hydrogens is 377 g/mol. The first-order chi connectivity index (χ1) is 11.4. The average Bonchev–Trinajstić information content (AvgIpc) is 3.10. The van der Waals surface area contributed by atoms with Gasteiger partial charge in [-0.05, 0) is 24.6 Å². The molecule has 0 aliphatic carbocycles. The van der Waals surface area contributed by atoms with Crippen LogP contribution < -0.4 is 0 Å². The first kappa shape index (κ1) is 16.2. The number of hydrogen-bond donors (Lipinski definition) is 0. The van der Waals surface area contributed by atoms with Gasteiger partial charge in [-0.1, -0.05) is 46.9 Å². The normalized spacial score (nSPS) is 29.2. The first-order valence-electron chi connectivity index (χ1n) is 7.42. The summed E-state index contributed by atoms with van der Waals surface area (Å²) >= 11 is 17.8. The third-order valence-electron chi connectivity index (χ3n) is 4.49. The summed E-state index contributed by atoms with van der Waals surface area (Å²) in [5.41, 5.74) is 0.765. The smallest absolute Gasteiger partial charge is 0.262 e. The van der Waals surface area contributed by atoms with Crippen LogP contribution in [0, 0.1) is 5.92 Å². The number of ether oxygens (including phenoxy) is 2. The lowest BCUT2D eigenvalue weighted by atomic mass is 9.93. The second-order valence-corrected chi connectivity index (χ2v) is 8.14. The van der Waals surface area contributed by atoms with Crippen LogP contribution in [0.1, 0.15) is 27.1 Å². The van der Waals surface area contributed by atoms with E-state index in [9.17, 15) is 9.59 Å². The fraction of sp³-hybridized carbons (Fsp3) is 0.375. The molecule has 0 N–H and O–H groups in total. The maximum Gasteiger partial charge on any atom is 0.262 e. The minimum absolute atomic E-state index is 0.0669. The Morgan fingerprint density at radius 1 is 1.08 bits per heavy atom. The van der Waals surface area contributed by atoms with Gasteiger partial charge in [0.1, 0.15) is 5.76 Å². The van der Waals surface area contributed by atoms with Gasteiger partial charge >= 0.3 is 0 Å². The minimum Gasteiger partial charge on any atom is -0.465 e. The molecule has 0 radical (unpaired) electrons. The van der Waals surface area contributed by atoms with Crippen molar-refractivity contribution in [1.82, 2.24) is 4.90 Å². The van der Waals surface area contributed by atoms with Crippen molar-refractivity contribution in [1.29, 1.82) is 0 Å². The van der Waals surface area contributed by atoms with Crippen molar-refractivity contribution in [3.63, 3.8) is 0 Å².